The van der Waals surface area contributed by atoms with Crippen molar-refractivity contribution < 1.29 is 9.59 Å². The van der Waals surface area contributed by atoms with Crippen LogP contribution in [-0.4, -0.2) is 29.2 Å². The van der Waals surface area contributed by atoms with Gasteiger partial charge in [0.05, 0.1) is 6.04 Å². The molecular weight excluding hydrogens is 334 g/mol. The second-order valence-electron chi connectivity index (χ2n) is 8.25. The quantitative estimate of drug-likeness (QED) is 0.172. The van der Waals surface area contributed by atoms with Crippen molar-refractivity contribution in [2.75, 3.05) is 6.54 Å². The van der Waals surface area contributed by atoms with Crippen molar-refractivity contribution in [2.24, 2.45) is 0 Å². The molecule has 1 saturated heterocycles. The minimum absolute atomic E-state index is 0.134. The van der Waals surface area contributed by atoms with Gasteiger partial charge in [0.25, 0.3) is 5.91 Å². The van der Waals surface area contributed by atoms with E-state index in [1.165, 1.54) is 76.2 Å². The van der Waals surface area contributed by atoms with Crippen molar-refractivity contribution in [3.05, 3.63) is 11.6 Å². The molecular formula is C24H43NO2. The van der Waals surface area contributed by atoms with Crippen LogP contribution in [0.3, 0.4) is 0 Å². The van der Waals surface area contributed by atoms with Gasteiger partial charge in [0.2, 0.25) is 5.78 Å². The maximum absolute atomic E-state index is 12.3. The largest absolute Gasteiger partial charge is 0.329 e. The average molecular weight is 378 g/mol. The van der Waals surface area contributed by atoms with E-state index in [1.54, 1.807) is 0 Å². The SMILES string of the molecule is CCCCCCCC=C(C)C(CCCCCCCCC)N1CCC(=O)C1=O. The third-order valence-electron chi connectivity index (χ3n) is 5.84. The molecule has 3 nitrogen and oxygen atoms in total. The van der Waals surface area contributed by atoms with Gasteiger partial charge in [-0.05, 0) is 26.2 Å². The van der Waals surface area contributed by atoms with E-state index in [-0.39, 0.29) is 17.7 Å². The first-order valence-corrected chi connectivity index (χ1v) is 11.6. The zero-order chi connectivity index (χ0) is 19.9. The molecule has 3 heteroatoms. The van der Waals surface area contributed by atoms with E-state index in [4.69, 9.17) is 0 Å². The number of hydrogen-bond donors (Lipinski definition) is 0. The molecule has 0 aromatic rings. The van der Waals surface area contributed by atoms with Gasteiger partial charge in [0.15, 0.2) is 0 Å². The van der Waals surface area contributed by atoms with Gasteiger partial charge in [0, 0.05) is 13.0 Å². The number of nitrogens with zero attached hydrogens (tertiary/aromatic N) is 1. The second kappa shape index (κ2) is 14.9. The minimum atomic E-state index is -0.251. The summed E-state index contributed by atoms with van der Waals surface area (Å²) in [6.07, 6.45) is 20.3. The molecule has 1 amide bonds. The zero-order valence-corrected chi connectivity index (χ0v) is 18.2. The zero-order valence-electron chi connectivity index (χ0n) is 18.2. The van der Waals surface area contributed by atoms with Gasteiger partial charge in [-0.15, -0.1) is 0 Å². The monoisotopic (exact) mass is 377 g/mol. The standard InChI is InChI=1S/C24H43NO2/c1-4-6-8-10-12-14-16-18-22(25-20-19-23(26)24(25)27)21(3)17-15-13-11-9-7-5-2/h17,22H,4-16,18-20H2,1-3H3. The van der Waals surface area contributed by atoms with Crippen molar-refractivity contribution >= 4 is 11.7 Å². The summed E-state index contributed by atoms with van der Waals surface area (Å²) in [5.41, 5.74) is 1.29. The first-order chi connectivity index (χ1) is 13.1. The van der Waals surface area contributed by atoms with Crippen molar-refractivity contribution in [1.82, 2.24) is 4.90 Å². The Morgan fingerprint density at radius 3 is 2.00 bits per heavy atom. The van der Waals surface area contributed by atoms with Gasteiger partial charge in [-0.3, -0.25) is 9.59 Å². The van der Waals surface area contributed by atoms with Crippen LogP contribution in [0.4, 0.5) is 0 Å². The second-order valence-corrected chi connectivity index (χ2v) is 8.25. The fraction of sp³-hybridized carbons (Fsp3) is 0.833. The van der Waals surface area contributed by atoms with Gasteiger partial charge < -0.3 is 4.90 Å². The molecule has 1 unspecified atom stereocenters. The molecule has 0 N–H and O–H groups in total. The molecule has 1 aliphatic rings. The van der Waals surface area contributed by atoms with Crippen LogP contribution in [-0.2, 0) is 9.59 Å². The maximum atomic E-state index is 12.3. The molecule has 156 valence electrons. The Balaban J connectivity index is 2.47. The highest BCUT2D eigenvalue weighted by Crippen LogP contribution is 2.23. The lowest BCUT2D eigenvalue weighted by Gasteiger charge is -2.28. The van der Waals surface area contributed by atoms with Crippen LogP contribution >= 0.6 is 0 Å². The summed E-state index contributed by atoms with van der Waals surface area (Å²) in [6, 6.07) is 0.134. The molecule has 0 aromatic carbocycles. The Labute approximate surface area is 168 Å². The average Bonchev–Trinajstić information content (AvgIpc) is 2.99. The number of carbonyl (C=O) groups excluding carboxylic acids is 2. The lowest BCUT2D eigenvalue weighted by Crippen LogP contribution is -2.38. The van der Waals surface area contributed by atoms with Crippen molar-refractivity contribution in [3.63, 3.8) is 0 Å². The lowest BCUT2D eigenvalue weighted by molar-refractivity contribution is -0.140. The fourth-order valence-electron chi connectivity index (χ4n) is 4.03. The summed E-state index contributed by atoms with van der Waals surface area (Å²) in [5.74, 6) is -0.453. The highest BCUT2D eigenvalue weighted by Gasteiger charge is 2.34. The summed E-state index contributed by atoms with van der Waals surface area (Å²) in [5, 5.41) is 0. The summed E-state index contributed by atoms with van der Waals surface area (Å²) >= 11 is 0. The number of ketones is 1. The van der Waals surface area contributed by atoms with E-state index >= 15 is 0 Å². The molecule has 0 aromatic heterocycles. The predicted octanol–water partition coefficient (Wildman–Crippen LogP) is 6.60. The smallest absolute Gasteiger partial charge is 0.290 e. The topological polar surface area (TPSA) is 37.4 Å². The van der Waals surface area contributed by atoms with Crippen LogP contribution in [0.2, 0.25) is 0 Å². The van der Waals surface area contributed by atoms with Gasteiger partial charge in [-0.1, -0.05) is 96.1 Å². The van der Waals surface area contributed by atoms with E-state index < -0.39 is 0 Å². The number of rotatable bonds is 16. The molecule has 1 atom stereocenters. The Bertz CT molecular complexity index is 455. The number of unbranched alkanes of at least 4 members (excludes halogenated alkanes) is 11. The molecule has 1 heterocycles. The van der Waals surface area contributed by atoms with Gasteiger partial charge in [-0.2, -0.15) is 0 Å². The van der Waals surface area contributed by atoms with Crippen LogP contribution in [0, 0.1) is 0 Å². The Morgan fingerprint density at radius 1 is 0.889 bits per heavy atom. The summed E-state index contributed by atoms with van der Waals surface area (Å²) < 4.78 is 0. The van der Waals surface area contributed by atoms with E-state index in [0.717, 1.165) is 19.3 Å². The van der Waals surface area contributed by atoms with Gasteiger partial charge in [0.1, 0.15) is 0 Å². The number of carbonyl (C=O) groups is 2. The van der Waals surface area contributed by atoms with Gasteiger partial charge >= 0.3 is 0 Å². The number of hydrogen-bond acceptors (Lipinski definition) is 2. The third kappa shape index (κ3) is 9.58. The van der Waals surface area contributed by atoms with Crippen molar-refractivity contribution in [3.8, 4) is 0 Å². The number of allylic oxidation sites excluding steroid dienone is 1. The number of amides is 1. The molecule has 1 rings (SSSR count). The highest BCUT2D eigenvalue weighted by atomic mass is 16.2. The fourth-order valence-corrected chi connectivity index (χ4v) is 4.03. The normalized spacial score (nSPS) is 16.4. The molecule has 1 aliphatic heterocycles. The van der Waals surface area contributed by atoms with Crippen LogP contribution in [0.1, 0.15) is 117 Å². The molecule has 0 spiro atoms. The van der Waals surface area contributed by atoms with E-state index in [9.17, 15) is 9.59 Å². The highest BCUT2D eigenvalue weighted by molar-refractivity contribution is 6.38. The summed E-state index contributed by atoms with van der Waals surface area (Å²) in [4.78, 5) is 25.8. The first kappa shape index (κ1) is 23.9. The van der Waals surface area contributed by atoms with E-state index in [2.05, 4.69) is 26.8 Å². The third-order valence-corrected chi connectivity index (χ3v) is 5.84. The Hall–Kier alpha value is -1.12. The summed E-state index contributed by atoms with van der Waals surface area (Å²) in [7, 11) is 0. The minimum Gasteiger partial charge on any atom is -0.329 e. The number of likely N-dealkylation sites (tertiary alicyclic amines) is 1. The molecule has 0 aliphatic carbocycles. The van der Waals surface area contributed by atoms with Gasteiger partial charge in [-0.25, -0.2) is 0 Å². The van der Waals surface area contributed by atoms with Crippen LogP contribution in [0.25, 0.3) is 0 Å². The van der Waals surface area contributed by atoms with Crippen LogP contribution in [0.5, 0.6) is 0 Å². The number of Topliss-reactive ketones (excluding diaryl/α,β-unsaturated/α-hetero) is 1. The Morgan fingerprint density at radius 2 is 1.44 bits per heavy atom. The van der Waals surface area contributed by atoms with E-state index in [1.807, 2.05) is 4.90 Å². The van der Waals surface area contributed by atoms with Crippen LogP contribution in [0.15, 0.2) is 11.6 Å². The molecule has 27 heavy (non-hydrogen) atoms. The predicted molar refractivity (Wildman–Crippen MR) is 115 cm³/mol. The van der Waals surface area contributed by atoms with Crippen molar-refractivity contribution in [2.45, 2.75) is 123 Å². The molecule has 0 bridgehead atoms. The summed E-state index contributed by atoms with van der Waals surface area (Å²) in [6.45, 7) is 7.26. The molecule has 0 radical (unpaired) electrons. The maximum Gasteiger partial charge on any atom is 0.290 e. The Kier molecular flexibility index (Phi) is 13.2. The molecule has 0 saturated carbocycles. The first-order valence-electron chi connectivity index (χ1n) is 11.6. The van der Waals surface area contributed by atoms with E-state index in [0.29, 0.717) is 13.0 Å². The lowest BCUT2D eigenvalue weighted by atomic mass is 9.97. The molecule has 1 fully saturated rings. The van der Waals surface area contributed by atoms with Crippen LogP contribution < -0.4 is 0 Å². The van der Waals surface area contributed by atoms with Crippen molar-refractivity contribution in [1.29, 1.82) is 0 Å².